The van der Waals surface area contributed by atoms with Crippen LogP contribution >= 0.6 is 11.6 Å². The highest BCUT2D eigenvalue weighted by Gasteiger charge is 2.32. The van der Waals surface area contributed by atoms with Gasteiger partial charge in [-0.15, -0.1) is 0 Å². The van der Waals surface area contributed by atoms with Crippen molar-refractivity contribution in [2.24, 2.45) is 5.41 Å². The molecule has 0 aliphatic rings. The predicted octanol–water partition coefficient (Wildman–Crippen LogP) is 1.38. The fraction of sp³-hybridized carbons (Fsp3) is 0.500. The van der Waals surface area contributed by atoms with Crippen LogP contribution in [0, 0.1) is 5.41 Å². The maximum atomic E-state index is 11.7. The molecule has 1 aromatic rings. The van der Waals surface area contributed by atoms with Gasteiger partial charge in [-0.2, -0.15) is 0 Å². The van der Waals surface area contributed by atoms with Crippen LogP contribution in [0.2, 0.25) is 5.02 Å². The van der Waals surface area contributed by atoms with Crippen LogP contribution in [0.15, 0.2) is 24.3 Å². The van der Waals surface area contributed by atoms with Crippen LogP contribution in [0.3, 0.4) is 0 Å². The molecule has 106 valence electrons. The second-order valence-corrected chi connectivity index (χ2v) is 5.65. The summed E-state index contributed by atoms with van der Waals surface area (Å²) in [5, 5.41) is 22.2. The lowest BCUT2D eigenvalue weighted by Crippen LogP contribution is -2.46. The monoisotopic (exact) mass is 285 g/mol. The molecule has 0 aliphatic heterocycles. The molecule has 1 atom stereocenters. The first kappa shape index (κ1) is 16.0. The van der Waals surface area contributed by atoms with Crippen molar-refractivity contribution in [3.05, 3.63) is 34.9 Å². The van der Waals surface area contributed by atoms with Crippen molar-refractivity contribution in [2.75, 3.05) is 13.2 Å². The summed E-state index contributed by atoms with van der Waals surface area (Å²) in [4.78, 5) is 11.7. The number of hydrogen-bond donors (Lipinski definition) is 3. The van der Waals surface area contributed by atoms with Gasteiger partial charge in [0.05, 0.1) is 6.61 Å². The number of carbonyl (C=O) groups excluding carboxylic acids is 1. The summed E-state index contributed by atoms with van der Waals surface area (Å²) < 4.78 is 0. The summed E-state index contributed by atoms with van der Waals surface area (Å²) in [6.45, 7) is 3.45. The second kappa shape index (κ2) is 6.89. The molecule has 0 aliphatic carbocycles. The molecule has 1 rings (SSSR count). The molecule has 0 spiro atoms. The lowest BCUT2D eigenvalue weighted by atomic mass is 9.87. The topological polar surface area (TPSA) is 69.6 Å². The fourth-order valence-electron chi connectivity index (χ4n) is 1.52. The Morgan fingerprint density at radius 2 is 1.95 bits per heavy atom. The standard InChI is InChI=1S/C14H20ClNO3/c1-14(2,9-17)12(18)13(19)16-8-7-10-3-5-11(15)6-4-10/h3-6,12,17-18H,7-9H2,1-2H3,(H,16,19)/t12-/m1/s1. The molecule has 0 radical (unpaired) electrons. The first-order chi connectivity index (χ1) is 8.86. The van der Waals surface area contributed by atoms with E-state index < -0.39 is 17.4 Å². The number of halogens is 1. The van der Waals surface area contributed by atoms with E-state index in [9.17, 15) is 9.90 Å². The van der Waals surface area contributed by atoms with Crippen LogP contribution < -0.4 is 5.32 Å². The number of nitrogens with one attached hydrogen (secondary N) is 1. The Kier molecular flexibility index (Phi) is 5.79. The minimum atomic E-state index is -1.22. The number of benzene rings is 1. The molecule has 0 saturated carbocycles. The van der Waals surface area contributed by atoms with Crippen LogP contribution in [0.4, 0.5) is 0 Å². The number of hydrogen-bond acceptors (Lipinski definition) is 3. The number of rotatable bonds is 6. The van der Waals surface area contributed by atoms with Gasteiger partial charge in [0, 0.05) is 17.0 Å². The van der Waals surface area contributed by atoms with E-state index in [0.717, 1.165) is 5.56 Å². The third-order valence-electron chi connectivity index (χ3n) is 3.02. The van der Waals surface area contributed by atoms with Gasteiger partial charge in [-0.05, 0) is 24.1 Å². The van der Waals surface area contributed by atoms with E-state index >= 15 is 0 Å². The molecule has 4 nitrogen and oxygen atoms in total. The zero-order valence-electron chi connectivity index (χ0n) is 11.2. The molecule has 0 aromatic heterocycles. The van der Waals surface area contributed by atoms with Gasteiger partial charge in [-0.3, -0.25) is 4.79 Å². The third-order valence-corrected chi connectivity index (χ3v) is 3.27. The van der Waals surface area contributed by atoms with Gasteiger partial charge in [0.15, 0.2) is 0 Å². The highest BCUT2D eigenvalue weighted by atomic mass is 35.5. The summed E-state index contributed by atoms with van der Waals surface area (Å²) in [5.74, 6) is -0.465. The average Bonchev–Trinajstić information content (AvgIpc) is 2.40. The van der Waals surface area contributed by atoms with Crippen LogP contribution in [0.1, 0.15) is 19.4 Å². The molecule has 1 amide bonds. The smallest absolute Gasteiger partial charge is 0.249 e. The van der Waals surface area contributed by atoms with Crippen molar-refractivity contribution < 1.29 is 15.0 Å². The highest BCUT2D eigenvalue weighted by molar-refractivity contribution is 6.30. The summed E-state index contributed by atoms with van der Waals surface area (Å²) >= 11 is 5.78. The van der Waals surface area contributed by atoms with Crippen LogP contribution in [-0.2, 0) is 11.2 Å². The Morgan fingerprint density at radius 1 is 1.37 bits per heavy atom. The van der Waals surface area contributed by atoms with Crippen molar-refractivity contribution in [1.29, 1.82) is 0 Å². The molecule has 3 N–H and O–H groups in total. The first-order valence-electron chi connectivity index (χ1n) is 6.18. The van der Waals surface area contributed by atoms with Gasteiger partial charge in [0.25, 0.3) is 0 Å². The van der Waals surface area contributed by atoms with E-state index in [1.807, 2.05) is 12.1 Å². The molecule has 0 fully saturated rings. The summed E-state index contributed by atoms with van der Waals surface area (Å²) in [6.07, 6.45) is -0.558. The van der Waals surface area contributed by atoms with Crippen molar-refractivity contribution >= 4 is 17.5 Å². The van der Waals surface area contributed by atoms with Gasteiger partial charge in [0.1, 0.15) is 6.10 Å². The Bertz CT molecular complexity index is 417. The van der Waals surface area contributed by atoms with Crippen LogP contribution in [-0.4, -0.2) is 35.4 Å². The Hall–Kier alpha value is -1.10. The lowest BCUT2D eigenvalue weighted by Gasteiger charge is -2.27. The van der Waals surface area contributed by atoms with Gasteiger partial charge >= 0.3 is 0 Å². The Balaban J connectivity index is 2.41. The summed E-state index contributed by atoms with van der Waals surface area (Å²) in [6, 6.07) is 7.37. The number of carbonyl (C=O) groups is 1. The average molecular weight is 286 g/mol. The van der Waals surface area contributed by atoms with E-state index in [1.165, 1.54) is 0 Å². The summed E-state index contributed by atoms with van der Waals surface area (Å²) in [5.41, 5.74) is 0.213. The fourth-order valence-corrected chi connectivity index (χ4v) is 1.65. The summed E-state index contributed by atoms with van der Waals surface area (Å²) in [7, 11) is 0. The third kappa shape index (κ3) is 4.82. The maximum Gasteiger partial charge on any atom is 0.249 e. The number of amides is 1. The van der Waals surface area contributed by atoms with E-state index in [2.05, 4.69) is 5.32 Å². The lowest BCUT2D eigenvalue weighted by molar-refractivity contribution is -0.137. The van der Waals surface area contributed by atoms with Crippen LogP contribution in [0.25, 0.3) is 0 Å². The normalized spacial score (nSPS) is 13.1. The van der Waals surface area contributed by atoms with Gasteiger partial charge in [-0.25, -0.2) is 0 Å². The zero-order valence-corrected chi connectivity index (χ0v) is 11.9. The molecule has 0 heterocycles. The molecule has 0 unspecified atom stereocenters. The predicted molar refractivity (Wildman–Crippen MR) is 75.0 cm³/mol. The zero-order chi connectivity index (χ0) is 14.5. The molecule has 1 aromatic carbocycles. The van der Waals surface area contributed by atoms with Gasteiger partial charge < -0.3 is 15.5 Å². The highest BCUT2D eigenvalue weighted by Crippen LogP contribution is 2.19. The molecular formula is C14H20ClNO3. The van der Waals surface area contributed by atoms with Gasteiger partial charge in [-0.1, -0.05) is 37.6 Å². The van der Waals surface area contributed by atoms with E-state index in [4.69, 9.17) is 16.7 Å². The Labute approximate surface area is 118 Å². The molecule has 19 heavy (non-hydrogen) atoms. The van der Waals surface area contributed by atoms with E-state index in [0.29, 0.717) is 18.0 Å². The molecule has 0 saturated heterocycles. The minimum Gasteiger partial charge on any atom is -0.396 e. The minimum absolute atomic E-state index is 0.251. The Morgan fingerprint density at radius 3 is 2.47 bits per heavy atom. The second-order valence-electron chi connectivity index (χ2n) is 5.22. The molecule has 5 heteroatoms. The number of aliphatic hydroxyl groups excluding tert-OH is 2. The van der Waals surface area contributed by atoms with Gasteiger partial charge in [0.2, 0.25) is 5.91 Å². The maximum absolute atomic E-state index is 11.7. The quantitative estimate of drug-likeness (QED) is 0.739. The van der Waals surface area contributed by atoms with Crippen molar-refractivity contribution in [1.82, 2.24) is 5.32 Å². The number of aliphatic hydroxyl groups is 2. The van der Waals surface area contributed by atoms with Crippen molar-refractivity contribution in [3.8, 4) is 0 Å². The van der Waals surface area contributed by atoms with E-state index in [1.54, 1.807) is 26.0 Å². The van der Waals surface area contributed by atoms with Crippen molar-refractivity contribution in [2.45, 2.75) is 26.4 Å². The first-order valence-corrected chi connectivity index (χ1v) is 6.55. The van der Waals surface area contributed by atoms with Crippen LogP contribution in [0.5, 0.6) is 0 Å². The van der Waals surface area contributed by atoms with Crippen molar-refractivity contribution in [3.63, 3.8) is 0 Å². The van der Waals surface area contributed by atoms with E-state index in [-0.39, 0.29) is 6.61 Å². The molecule has 0 bridgehead atoms. The largest absolute Gasteiger partial charge is 0.396 e. The molecular weight excluding hydrogens is 266 g/mol. The SMILES string of the molecule is CC(C)(CO)[C@H](O)C(=O)NCCc1ccc(Cl)cc1.